The van der Waals surface area contributed by atoms with E-state index in [0.29, 0.717) is 44.3 Å². The van der Waals surface area contributed by atoms with Crippen LogP contribution >= 0.6 is 15.9 Å². The Morgan fingerprint density at radius 3 is 2.39 bits per heavy atom. The zero-order valence-corrected chi connectivity index (χ0v) is 21.5. The molecule has 7 heteroatoms. The highest BCUT2D eigenvalue weighted by atomic mass is 79.9. The van der Waals surface area contributed by atoms with Crippen molar-refractivity contribution in [2.45, 2.75) is 63.1 Å². The highest BCUT2D eigenvalue weighted by Crippen LogP contribution is 2.65. The first kappa shape index (κ1) is 23.3. The van der Waals surface area contributed by atoms with Crippen LogP contribution in [0.2, 0.25) is 0 Å². The van der Waals surface area contributed by atoms with Crippen LogP contribution in [0.5, 0.6) is 11.5 Å². The molecule has 33 heavy (non-hydrogen) atoms. The molecular weight excluding hydrogens is 484 g/mol. The zero-order chi connectivity index (χ0) is 23.1. The van der Waals surface area contributed by atoms with Crippen molar-refractivity contribution in [1.82, 2.24) is 0 Å². The summed E-state index contributed by atoms with van der Waals surface area (Å²) in [6.07, 6.45) is 8.02. The van der Waals surface area contributed by atoms with Crippen LogP contribution in [0.1, 0.15) is 58.8 Å². The molecular formula is C26H37BrN2O4. The molecule has 1 heterocycles. The molecule has 182 valence electrons. The van der Waals surface area contributed by atoms with Gasteiger partial charge in [-0.3, -0.25) is 4.79 Å². The van der Waals surface area contributed by atoms with Gasteiger partial charge in [-0.05, 0) is 69.6 Å². The number of halogens is 1. The Kier molecular flexibility index (Phi) is 6.55. The summed E-state index contributed by atoms with van der Waals surface area (Å²) >= 11 is 4.07. The third-order valence-corrected chi connectivity index (χ3v) is 8.86. The number of rotatable bonds is 8. The van der Waals surface area contributed by atoms with Crippen molar-refractivity contribution in [1.29, 1.82) is 0 Å². The van der Waals surface area contributed by atoms with E-state index in [1.807, 2.05) is 26.0 Å². The Bertz CT molecular complexity index is 871. The normalized spacial score (nSPS) is 32.6. The van der Waals surface area contributed by atoms with E-state index in [1.54, 1.807) is 0 Å². The van der Waals surface area contributed by atoms with Gasteiger partial charge in [-0.15, -0.1) is 0 Å². The lowest BCUT2D eigenvalue weighted by molar-refractivity contribution is -0.123. The summed E-state index contributed by atoms with van der Waals surface area (Å²) in [5, 5.41) is 3.21. The lowest BCUT2D eigenvalue weighted by atomic mass is 9.48. The van der Waals surface area contributed by atoms with Crippen LogP contribution in [-0.2, 0) is 9.53 Å². The number of benzene rings is 1. The van der Waals surface area contributed by atoms with Crippen LogP contribution < -0.4 is 19.7 Å². The Hall–Kier alpha value is -1.47. The molecule has 1 aromatic rings. The summed E-state index contributed by atoms with van der Waals surface area (Å²) in [4.78, 5) is 15.6. The number of nitrogens with one attached hydrogen (secondary N) is 1. The number of anilines is 2. The largest absolute Gasteiger partial charge is 0.492 e. The molecule has 1 aliphatic heterocycles. The minimum atomic E-state index is 0.0931. The number of carbonyl (C=O) groups excluding carboxylic acids is 1. The molecule has 2 unspecified atom stereocenters. The number of carbonyl (C=O) groups is 1. The Morgan fingerprint density at radius 2 is 1.76 bits per heavy atom. The second-order valence-electron chi connectivity index (χ2n) is 10.6. The van der Waals surface area contributed by atoms with Crippen LogP contribution in [0.15, 0.2) is 12.1 Å². The van der Waals surface area contributed by atoms with Crippen LogP contribution in [0, 0.1) is 17.3 Å². The minimum Gasteiger partial charge on any atom is -0.492 e. The first-order chi connectivity index (χ1) is 15.9. The van der Waals surface area contributed by atoms with Crippen LogP contribution in [0.4, 0.5) is 11.4 Å². The van der Waals surface area contributed by atoms with E-state index in [2.05, 4.69) is 26.1 Å². The molecule has 0 aromatic heterocycles. The predicted octanol–water partition coefficient (Wildman–Crippen LogP) is 5.38. The Labute approximate surface area is 205 Å². The summed E-state index contributed by atoms with van der Waals surface area (Å²) in [6.45, 7) is 8.10. The van der Waals surface area contributed by atoms with Crippen molar-refractivity contribution < 1.29 is 19.0 Å². The van der Waals surface area contributed by atoms with Crippen molar-refractivity contribution in [2.75, 3.05) is 49.7 Å². The van der Waals surface area contributed by atoms with Gasteiger partial charge in [0.15, 0.2) is 0 Å². The zero-order valence-electron chi connectivity index (χ0n) is 20.0. The fraction of sp³-hybridized carbons (Fsp3) is 0.731. The number of morpholine rings is 1. The summed E-state index contributed by atoms with van der Waals surface area (Å²) in [5.74, 6) is 3.13. The van der Waals surface area contributed by atoms with E-state index < -0.39 is 0 Å². The average molecular weight is 521 g/mol. The molecule has 6 rings (SSSR count). The summed E-state index contributed by atoms with van der Waals surface area (Å²) in [5.41, 5.74) is 1.85. The molecule has 5 fully saturated rings. The summed E-state index contributed by atoms with van der Waals surface area (Å²) in [6, 6.07) is 3.97. The van der Waals surface area contributed by atoms with Gasteiger partial charge in [-0.1, -0.05) is 15.9 Å². The molecule has 1 amide bonds. The number of amides is 1. The predicted molar refractivity (Wildman–Crippen MR) is 134 cm³/mol. The van der Waals surface area contributed by atoms with E-state index in [4.69, 9.17) is 14.2 Å². The van der Waals surface area contributed by atoms with Crippen molar-refractivity contribution in [3.05, 3.63) is 12.1 Å². The lowest BCUT2D eigenvalue weighted by Gasteiger charge is -2.60. The highest BCUT2D eigenvalue weighted by molar-refractivity contribution is 9.10. The van der Waals surface area contributed by atoms with E-state index in [1.165, 1.54) is 32.1 Å². The first-order valence-corrected chi connectivity index (χ1v) is 13.5. The molecule has 6 nitrogen and oxygen atoms in total. The number of ether oxygens (including phenoxy) is 3. The third kappa shape index (κ3) is 4.86. The topological polar surface area (TPSA) is 60.0 Å². The fourth-order valence-corrected chi connectivity index (χ4v) is 8.83. The quantitative estimate of drug-likeness (QED) is 0.466. The van der Waals surface area contributed by atoms with E-state index in [0.717, 1.165) is 42.8 Å². The molecule has 1 aromatic carbocycles. The number of nitrogens with zero attached hydrogens (tertiary/aromatic N) is 1. The molecule has 5 aliphatic rings. The van der Waals surface area contributed by atoms with Crippen molar-refractivity contribution in [3.8, 4) is 11.5 Å². The van der Waals surface area contributed by atoms with E-state index in [9.17, 15) is 4.79 Å². The molecule has 4 aliphatic carbocycles. The van der Waals surface area contributed by atoms with Gasteiger partial charge in [0, 0.05) is 36.0 Å². The summed E-state index contributed by atoms with van der Waals surface area (Å²) in [7, 11) is 0. The first-order valence-electron chi connectivity index (χ1n) is 12.7. The standard InChI is InChI=1S/C26H37BrN2O4/c1-3-32-22-11-21(29-5-7-31-8-6-29)23(33-4-2)10-20(22)28-24(30)16-25-12-18-9-19(13-25)15-26(27,14-18)17-25/h10-11,18-19H,3-9,12-17H2,1-2H3,(H,28,30)/t18-,19+,25?,26?. The van der Waals surface area contributed by atoms with Crippen LogP contribution in [0.25, 0.3) is 0 Å². The van der Waals surface area contributed by atoms with Gasteiger partial charge in [-0.2, -0.15) is 0 Å². The minimum absolute atomic E-state index is 0.0931. The van der Waals surface area contributed by atoms with E-state index in [-0.39, 0.29) is 15.6 Å². The van der Waals surface area contributed by atoms with Gasteiger partial charge in [0.1, 0.15) is 11.5 Å². The fourth-order valence-electron chi connectivity index (χ4n) is 7.32. The SMILES string of the molecule is CCOc1cc(N2CCOCC2)c(OCC)cc1NC(=O)CC12C[C@@H]3C[C@@H](CC(Br)(C3)C1)C2. The van der Waals surface area contributed by atoms with Crippen LogP contribution in [0.3, 0.4) is 0 Å². The third-order valence-electron chi connectivity index (χ3n) is 7.93. The second-order valence-corrected chi connectivity index (χ2v) is 12.3. The number of alkyl halides is 1. The van der Waals surface area contributed by atoms with E-state index >= 15 is 0 Å². The molecule has 4 bridgehead atoms. The van der Waals surface area contributed by atoms with Gasteiger partial charge in [0.05, 0.1) is 37.8 Å². The van der Waals surface area contributed by atoms with Crippen molar-refractivity contribution >= 4 is 33.2 Å². The molecule has 1 saturated heterocycles. The monoisotopic (exact) mass is 520 g/mol. The molecule has 0 spiro atoms. The van der Waals surface area contributed by atoms with Crippen molar-refractivity contribution in [3.63, 3.8) is 0 Å². The van der Waals surface area contributed by atoms with Crippen LogP contribution in [-0.4, -0.2) is 49.7 Å². The maximum atomic E-state index is 13.4. The molecule has 4 saturated carbocycles. The van der Waals surface area contributed by atoms with Crippen molar-refractivity contribution in [2.24, 2.45) is 17.3 Å². The van der Waals surface area contributed by atoms with Gasteiger partial charge in [0.2, 0.25) is 5.91 Å². The summed E-state index contributed by atoms with van der Waals surface area (Å²) < 4.78 is 17.8. The van der Waals surface area contributed by atoms with Gasteiger partial charge < -0.3 is 24.4 Å². The Balaban J connectivity index is 1.36. The maximum absolute atomic E-state index is 13.4. The number of hydrogen-bond donors (Lipinski definition) is 1. The van der Waals surface area contributed by atoms with Gasteiger partial charge >= 0.3 is 0 Å². The number of hydrogen-bond acceptors (Lipinski definition) is 5. The molecule has 1 N–H and O–H groups in total. The lowest BCUT2D eigenvalue weighted by Crippen LogP contribution is -2.53. The van der Waals surface area contributed by atoms with Gasteiger partial charge in [0.25, 0.3) is 0 Å². The maximum Gasteiger partial charge on any atom is 0.225 e. The molecule has 0 radical (unpaired) electrons. The smallest absolute Gasteiger partial charge is 0.225 e. The highest BCUT2D eigenvalue weighted by Gasteiger charge is 2.57. The van der Waals surface area contributed by atoms with Gasteiger partial charge in [-0.25, -0.2) is 0 Å². The molecule has 4 atom stereocenters. The second kappa shape index (κ2) is 9.29. The Morgan fingerprint density at radius 1 is 1.09 bits per heavy atom. The average Bonchev–Trinajstić information content (AvgIpc) is 2.74.